The third kappa shape index (κ3) is 2.01. The molecule has 0 aromatic carbocycles. The van der Waals surface area contributed by atoms with Crippen molar-refractivity contribution in [1.82, 2.24) is 0 Å². The number of hydrogen-bond donors (Lipinski definition) is 1. The second kappa shape index (κ2) is 3.59. The maximum Gasteiger partial charge on any atom is 0.0573 e. The van der Waals surface area contributed by atoms with Crippen LogP contribution in [0.3, 0.4) is 0 Å². The van der Waals surface area contributed by atoms with Gasteiger partial charge in [0.2, 0.25) is 0 Å². The van der Waals surface area contributed by atoms with Gasteiger partial charge in [-0.05, 0) is 25.2 Å². The molecule has 0 aromatic rings. The van der Waals surface area contributed by atoms with Gasteiger partial charge < -0.3 is 5.21 Å². The predicted molar refractivity (Wildman–Crippen MR) is 41.5 cm³/mol. The van der Waals surface area contributed by atoms with Gasteiger partial charge in [0.05, 0.1) is 5.71 Å². The molecular formula is C8H15NO. The van der Waals surface area contributed by atoms with Crippen molar-refractivity contribution in [3.63, 3.8) is 0 Å². The molecule has 0 saturated heterocycles. The van der Waals surface area contributed by atoms with Gasteiger partial charge in [-0.3, -0.25) is 0 Å². The maximum absolute atomic E-state index is 8.52. The van der Waals surface area contributed by atoms with Crippen molar-refractivity contribution >= 4 is 5.71 Å². The van der Waals surface area contributed by atoms with Gasteiger partial charge in [0.15, 0.2) is 0 Å². The lowest BCUT2D eigenvalue weighted by molar-refractivity contribution is 0.315. The monoisotopic (exact) mass is 141 g/mol. The summed E-state index contributed by atoms with van der Waals surface area (Å²) in [6.45, 7) is 2.22. The smallest absolute Gasteiger partial charge is 0.0573 e. The molecule has 1 fully saturated rings. The van der Waals surface area contributed by atoms with Gasteiger partial charge in [-0.15, -0.1) is 0 Å². The summed E-state index contributed by atoms with van der Waals surface area (Å²) >= 11 is 0. The second-order valence-electron chi connectivity index (χ2n) is 3.22. The zero-order valence-corrected chi connectivity index (χ0v) is 6.51. The molecule has 1 atom stereocenters. The van der Waals surface area contributed by atoms with Crippen LogP contribution in [0.25, 0.3) is 0 Å². The van der Waals surface area contributed by atoms with E-state index in [1.165, 1.54) is 19.3 Å². The molecule has 10 heavy (non-hydrogen) atoms. The fourth-order valence-corrected chi connectivity index (χ4v) is 1.52. The molecule has 1 aliphatic carbocycles. The van der Waals surface area contributed by atoms with Crippen LogP contribution in [0, 0.1) is 5.92 Å². The van der Waals surface area contributed by atoms with Crippen LogP contribution in [0.2, 0.25) is 0 Å². The highest BCUT2D eigenvalue weighted by molar-refractivity contribution is 5.84. The van der Waals surface area contributed by atoms with Crippen LogP contribution >= 0.6 is 0 Å². The van der Waals surface area contributed by atoms with Crippen LogP contribution in [-0.2, 0) is 0 Å². The topological polar surface area (TPSA) is 32.6 Å². The Balaban J connectivity index is 2.46. The van der Waals surface area contributed by atoms with Crippen molar-refractivity contribution in [3.05, 3.63) is 0 Å². The highest BCUT2D eigenvalue weighted by Crippen LogP contribution is 2.20. The molecule has 1 saturated carbocycles. The van der Waals surface area contributed by atoms with Crippen LogP contribution in [0.15, 0.2) is 5.16 Å². The SMILES string of the molecule is CC1CCCC/C(=N\O)C1. The first-order chi connectivity index (χ1) is 4.83. The third-order valence-corrected chi connectivity index (χ3v) is 2.14. The zero-order chi connectivity index (χ0) is 7.40. The van der Waals surface area contributed by atoms with E-state index in [1.807, 2.05) is 0 Å². The predicted octanol–water partition coefficient (Wildman–Crippen LogP) is 2.42. The Labute approximate surface area is 61.9 Å². The van der Waals surface area contributed by atoms with E-state index < -0.39 is 0 Å². The number of oxime groups is 1. The first-order valence-electron chi connectivity index (χ1n) is 4.02. The largest absolute Gasteiger partial charge is 0.411 e. The fraction of sp³-hybridized carbons (Fsp3) is 0.875. The van der Waals surface area contributed by atoms with Crippen LogP contribution in [0.5, 0.6) is 0 Å². The van der Waals surface area contributed by atoms with Gasteiger partial charge >= 0.3 is 0 Å². The Hall–Kier alpha value is -0.530. The van der Waals surface area contributed by atoms with Gasteiger partial charge in [0.1, 0.15) is 0 Å². The Morgan fingerprint density at radius 1 is 1.50 bits per heavy atom. The summed E-state index contributed by atoms with van der Waals surface area (Å²) in [5.41, 5.74) is 0.991. The van der Waals surface area contributed by atoms with Crippen molar-refractivity contribution < 1.29 is 5.21 Å². The summed E-state index contributed by atoms with van der Waals surface area (Å²) in [6, 6.07) is 0. The van der Waals surface area contributed by atoms with Crippen molar-refractivity contribution in [2.45, 2.75) is 39.0 Å². The van der Waals surface area contributed by atoms with Gasteiger partial charge in [-0.2, -0.15) is 0 Å². The maximum atomic E-state index is 8.52. The number of nitrogens with zero attached hydrogens (tertiary/aromatic N) is 1. The molecule has 0 bridgehead atoms. The first-order valence-corrected chi connectivity index (χ1v) is 4.02. The molecule has 2 nitrogen and oxygen atoms in total. The summed E-state index contributed by atoms with van der Waals surface area (Å²) in [6.07, 6.45) is 5.78. The van der Waals surface area contributed by atoms with E-state index in [4.69, 9.17) is 5.21 Å². The Bertz CT molecular complexity index is 131. The second-order valence-corrected chi connectivity index (χ2v) is 3.22. The average Bonchev–Trinajstić information content (AvgIpc) is 2.13. The summed E-state index contributed by atoms with van der Waals surface area (Å²) in [7, 11) is 0. The molecule has 0 amide bonds. The number of hydrogen-bond acceptors (Lipinski definition) is 2. The molecule has 1 rings (SSSR count). The summed E-state index contributed by atoms with van der Waals surface area (Å²) in [5, 5.41) is 11.8. The highest BCUT2D eigenvalue weighted by Gasteiger charge is 2.11. The van der Waals surface area contributed by atoms with Gasteiger partial charge in [-0.25, -0.2) is 0 Å². The molecule has 1 unspecified atom stereocenters. The lowest BCUT2D eigenvalue weighted by Gasteiger charge is -2.04. The quantitative estimate of drug-likeness (QED) is 0.313. The Kier molecular flexibility index (Phi) is 2.72. The highest BCUT2D eigenvalue weighted by atomic mass is 16.4. The van der Waals surface area contributed by atoms with Gasteiger partial charge in [0.25, 0.3) is 0 Å². The summed E-state index contributed by atoms with van der Waals surface area (Å²) in [4.78, 5) is 0. The molecule has 0 aromatic heterocycles. The average molecular weight is 141 g/mol. The minimum atomic E-state index is 0.716. The van der Waals surface area contributed by atoms with Crippen LogP contribution in [0.1, 0.15) is 39.0 Å². The molecule has 1 N–H and O–H groups in total. The van der Waals surface area contributed by atoms with Gasteiger partial charge in [-0.1, -0.05) is 24.9 Å². The van der Waals surface area contributed by atoms with E-state index in [0.717, 1.165) is 18.6 Å². The van der Waals surface area contributed by atoms with Crippen LogP contribution in [0.4, 0.5) is 0 Å². The van der Waals surface area contributed by atoms with E-state index >= 15 is 0 Å². The fourth-order valence-electron chi connectivity index (χ4n) is 1.52. The molecular weight excluding hydrogens is 126 g/mol. The molecule has 0 aliphatic heterocycles. The molecule has 0 radical (unpaired) electrons. The number of rotatable bonds is 0. The molecule has 1 aliphatic rings. The zero-order valence-electron chi connectivity index (χ0n) is 6.51. The Morgan fingerprint density at radius 3 is 3.00 bits per heavy atom. The van der Waals surface area contributed by atoms with E-state index in [-0.39, 0.29) is 0 Å². The summed E-state index contributed by atoms with van der Waals surface area (Å²) < 4.78 is 0. The molecule has 58 valence electrons. The van der Waals surface area contributed by atoms with Crippen LogP contribution < -0.4 is 0 Å². The lowest BCUT2D eigenvalue weighted by atomic mass is 10.0. The molecule has 2 heteroatoms. The minimum absolute atomic E-state index is 0.716. The van der Waals surface area contributed by atoms with E-state index in [0.29, 0.717) is 5.92 Å². The van der Waals surface area contributed by atoms with E-state index in [2.05, 4.69) is 12.1 Å². The van der Waals surface area contributed by atoms with Crippen molar-refractivity contribution in [2.24, 2.45) is 11.1 Å². The first kappa shape index (κ1) is 7.58. The van der Waals surface area contributed by atoms with Crippen molar-refractivity contribution in [3.8, 4) is 0 Å². The third-order valence-electron chi connectivity index (χ3n) is 2.14. The summed E-state index contributed by atoms with van der Waals surface area (Å²) in [5.74, 6) is 0.716. The lowest BCUT2D eigenvalue weighted by Crippen LogP contribution is -2.01. The van der Waals surface area contributed by atoms with Crippen LogP contribution in [-0.4, -0.2) is 10.9 Å². The van der Waals surface area contributed by atoms with Gasteiger partial charge in [0, 0.05) is 0 Å². The molecule has 0 heterocycles. The standard InChI is InChI=1S/C8H15NO/c1-7-4-2-3-5-8(6-7)9-10/h7,10H,2-6H2,1H3/b9-8+. The normalized spacial score (nSPS) is 32.1. The molecule has 0 spiro atoms. The van der Waals surface area contributed by atoms with Crippen molar-refractivity contribution in [1.29, 1.82) is 0 Å². The Morgan fingerprint density at radius 2 is 2.30 bits per heavy atom. The van der Waals surface area contributed by atoms with E-state index in [1.54, 1.807) is 0 Å². The van der Waals surface area contributed by atoms with E-state index in [9.17, 15) is 0 Å². The minimum Gasteiger partial charge on any atom is -0.411 e. The van der Waals surface area contributed by atoms with Crippen molar-refractivity contribution in [2.75, 3.05) is 0 Å².